The summed E-state index contributed by atoms with van der Waals surface area (Å²) in [6, 6.07) is 5.90. The second kappa shape index (κ2) is 7.68. The summed E-state index contributed by atoms with van der Waals surface area (Å²) in [5.41, 5.74) is 2.01. The fourth-order valence-corrected chi connectivity index (χ4v) is 3.04. The Labute approximate surface area is 142 Å². The number of nitrogens with zero attached hydrogens (tertiary/aromatic N) is 2. The first kappa shape index (κ1) is 16.8. The Bertz CT molecular complexity index is 699. The van der Waals surface area contributed by atoms with Gasteiger partial charge in [0.05, 0.1) is 33.0 Å². The molecule has 130 valence electrons. The van der Waals surface area contributed by atoms with Crippen LogP contribution in [0.1, 0.15) is 5.56 Å². The van der Waals surface area contributed by atoms with Gasteiger partial charge in [0.1, 0.15) is 17.3 Å². The lowest BCUT2D eigenvalue weighted by Gasteiger charge is -2.26. The molecule has 0 atom stereocenters. The highest BCUT2D eigenvalue weighted by Gasteiger charge is 2.12. The van der Waals surface area contributed by atoms with E-state index in [0.29, 0.717) is 0 Å². The minimum absolute atomic E-state index is 0.747. The highest BCUT2D eigenvalue weighted by molar-refractivity contribution is 5.91. The average molecular weight is 331 g/mol. The maximum atomic E-state index is 5.49. The van der Waals surface area contributed by atoms with Gasteiger partial charge in [0.25, 0.3) is 0 Å². The quantitative estimate of drug-likeness (QED) is 0.877. The molecule has 1 saturated heterocycles. The van der Waals surface area contributed by atoms with Crippen molar-refractivity contribution in [3.8, 4) is 11.5 Å². The predicted molar refractivity (Wildman–Crippen MR) is 95.3 cm³/mol. The van der Waals surface area contributed by atoms with Crippen LogP contribution in [0.4, 0.5) is 5.82 Å². The molecule has 0 unspecified atom stereocenters. The van der Waals surface area contributed by atoms with E-state index in [-0.39, 0.29) is 0 Å². The van der Waals surface area contributed by atoms with Crippen molar-refractivity contribution in [3.05, 3.63) is 23.8 Å². The third-order valence-electron chi connectivity index (χ3n) is 4.34. The molecule has 0 bridgehead atoms. The summed E-state index contributed by atoms with van der Waals surface area (Å²) in [7, 11) is 3.32. The molecule has 2 heterocycles. The number of rotatable bonds is 6. The summed E-state index contributed by atoms with van der Waals surface area (Å²) in [6.07, 6.45) is 0. The van der Waals surface area contributed by atoms with E-state index in [1.165, 1.54) is 0 Å². The third-order valence-corrected chi connectivity index (χ3v) is 4.34. The minimum atomic E-state index is 0.747. The normalized spacial score (nSPS) is 15.5. The van der Waals surface area contributed by atoms with Crippen molar-refractivity contribution in [3.63, 3.8) is 0 Å². The first-order valence-corrected chi connectivity index (χ1v) is 8.28. The second-order valence-electron chi connectivity index (χ2n) is 5.93. The van der Waals surface area contributed by atoms with Crippen molar-refractivity contribution >= 4 is 16.7 Å². The lowest BCUT2D eigenvalue weighted by molar-refractivity contribution is 0.0398. The highest BCUT2D eigenvalue weighted by atomic mass is 16.5. The topological polar surface area (TPSA) is 55.9 Å². The molecule has 1 aliphatic rings. The van der Waals surface area contributed by atoms with E-state index in [0.717, 1.165) is 73.2 Å². The lowest BCUT2D eigenvalue weighted by atomic mass is 10.1. The van der Waals surface area contributed by atoms with E-state index < -0.39 is 0 Å². The SMILES string of the molecule is COc1cc(OC)c2c(C)cc(NCCN3CCOCC3)nc2c1. The van der Waals surface area contributed by atoms with Gasteiger partial charge in [-0.1, -0.05) is 0 Å². The Morgan fingerprint density at radius 2 is 1.96 bits per heavy atom. The number of aryl methyl sites for hydroxylation is 1. The molecule has 0 spiro atoms. The van der Waals surface area contributed by atoms with Gasteiger partial charge in [-0.05, 0) is 18.6 Å². The van der Waals surface area contributed by atoms with Crippen molar-refractivity contribution in [2.75, 3.05) is 58.9 Å². The van der Waals surface area contributed by atoms with Gasteiger partial charge in [-0.25, -0.2) is 4.98 Å². The molecule has 6 heteroatoms. The summed E-state index contributed by atoms with van der Waals surface area (Å²) in [5.74, 6) is 2.41. The van der Waals surface area contributed by atoms with Crippen LogP contribution in [0.25, 0.3) is 10.9 Å². The first-order valence-electron chi connectivity index (χ1n) is 8.28. The highest BCUT2D eigenvalue weighted by Crippen LogP contribution is 2.33. The maximum Gasteiger partial charge on any atom is 0.132 e. The largest absolute Gasteiger partial charge is 0.497 e. The molecule has 1 aromatic carbocycles. The van der Waals surface area contributed by atoms with Gasteiger partial charge < -0.3 is 19.5 Å². The molecular weight excluding hydrogens is 306 g/mol. The van der Waals surface area contributed by atoms with Crippen LogP contribution in [0.15, 0.2) is 18.2 Å². The van der Waals surface area contributed by atoms with Crippen LogP contribution in [0.2, 0.25) is 0 Å². The van der Waals surface area contributed by atoms with E-state index >= 15 is 0 Å². The van der Waals surface area contributed by atoms with Crippen LogP contribution >= 0.6 is 0 Å². The summed E-state index contributed by atoms with van der Waals surface area (Å²) >= 11 is 0. The summed E-state index contributed by atoms with van der Waals surface area (Å²) < 4.78 is 16.2. The van der Waals surface area contributed by atoms with E-state index in [1.54, 1.807) is 14.2 Å². The molecule has 24 heavy (non-hydrogen) atoms. The van der Waals surface area contributed by atoms with Gasteiger partial charge in [-0.15, -0.1) is 0 Å². The van der Waals surface area contributed by atoms with E-state index in [2.05, 4.69) is 23.2 Å². The number of morpholine rings is 1. The summed E-state index contributed by atoms with van der Waals surface area (Å²) in [5, 5.41) is 4.45. The maximum absolute atomic E-state index is 5.49. The summed E-state index contributed by atoms with van der Waals surface area (Å²) in [6.45, 7) is 7.58. The van der Waals surface area contributed by atoms with Crippen molar-refractivity contribution in [1.29, 1.82) is 0 Å². The van der Waals surface area contributed by atoms with Crippen LogP contribution in [0, 0.1) is 6.92 Å². The molecule has 0 radical (unpaired) electrons. The monoisotopic (exact) mass is 331 g/mol. The van der Waals surface area contributed by atoms with Crippen LogP contribution in [-0.4, -0.2) is 63.5 Å². The summed E-state index contributed by atoms with van der Waals surface area (Å²) in [4.78, 5) is 7.12. The number of hydrogen-bond acceptors (Lipinski definition) is 6. The Morgan fingerprint density at radius 1 is 1.17 bits per heavy atom. The number of nitrogens with one attached hydrogen (secondary N) is 1. The van der Waals surface area contributed by atoms with Gasteiger partial charge >= 0.3 is 0 Å². The fourth-order valence-electron chi connectivity index (χ4n) is 3.04. The fraction of sp³-hybridized carbons (Fsp3) is 0.500. The van der Waals surface area contributed by atoms with Gasteiger partial charge in [-0.3, -0.25) is 4.90 Å². The Balaban J connectivity index is 1.76. The number of hydrogen-bond donors (Lipinski definition) is 1. The van der Waals surface area contributed by atoms with Crippen LogP contribution in [0.5, 0.6) is 11.5 Å². The number of methoxy groups -OCH3 is 2. The van der Waals surface area contributed by atoms with Crippen molar-refractivity contribution < 1.29 is 14.2 Å². The van der Waals surface area contributed by atoms with Crippen LogP contribution in [-0.2, 0) is 4.74 Å². The standard InChI is InChI=1S/C18H25N3O3/c1-13-10-17(19-4-5-21-6-8-24-9-7-21)20-15-11-14(22-2)12-16(23-3)18(13)15/h10-12H,4-9H2,1-3H3,(H,19,20). The van der Waals surface area contributed by atoms with Crippen molar-refractivity contribution in [1.82, 2.24) is 9.88 Å². The number of fused-ring (bicyclic) bond motifs is 1. The molecule has 1 N–H and O–H groups in total. The molecule has 6 nitrogen and oxygen atoms in total. The second-order valence-corrected chi connectivity index (χ2v) is 5.93. The molecule has 1 aliphatic heterocycles. The molecule has 3 rings (SSSR count). The van der Waals surface area contributed by atoms with E-state index in [9.17, 15) is 0 Å². The van der Waals surface area contributed by atoms with Crippen LogP contribution < -0.4 is 14.8 Å². The van der Waals surface area contributed by atoms with Gasteiger partial charge in [0.2, 0.25) is 0 Å². The van der Waals surface area contributed by atoms with Gasteiger partial charge in [0, 0.05) is 43.7 Å². The Morgan fingerprint density at radius 3 is 2.67 bits per heavy atom. The molecule has 0 aliphatic carbocycles. The number of benzene rings is 1. The zero-order valence-corrected chi connectivity index (χ0v) is 14.6. The number of anilines is 1. The van der Waals surface area contributed by atoms with Crippen molar-refractivity contribution in [2.45, 2.75) is 6.92 Å². The molecule has 1 fully saturated rings. The minimum Gasteiger partial charge on any atom is -0.497 e. The molecular formula is C18H25N3O3. The van der Waals surface area contributed by atoms with Gasteiger partial charge in [-0.2, -0.15) is 0 Å². The Kier molecular flexibility index (Phi) is 5.37. The number of aromatic nitrogens is 1. The number of ether oxygens (including phenoxy) is 3. The average Bonchev–Trinajstić information content (AvgIpc) is 2.61. The number of pyridine rings is 1. The van der Waals surface area contributed by atoms with Crippen molar-refractivity contribution in [2.24, 2.45) is 0 Å². The third kappa shape index (κ3) is 3.71. The Hall–Kier alpha value is -2.05. The smallest absolute Gasteiger partial charge is 0.132 e. The molecule has 1 aromatic heterocycles. The predicted octanol–water partition coefficient (Wildman–Crippen LogP) is 2.30. The van der Waals surface area contributed by atoms with Crippen LogP contribution in [0.3, 0.4) is 0 Å². The molecule has 2 aromatic rings. The zero-order chi connectivity index (χ0) is 16.9. The lowest BCUT2D eigenvalue weighted by Crippen LogP contribution is -2.39. The van der Waals surface area contributed by atoms with E-state index in [1.807, 2.05) is 12.1 Å². The first-order chi connectivity index (χ1) is 11.7. The van der Waals surface area contributed by atoms with Gasteiger partial charge in [0.15, 0.2) is 0 Å². The zero-order valence-electron chi connectivity index (χ0n) is 14.6. The molecule has 0 amide bonds. The van der Waals surface area contributed by atoms with E-state index in [4.69, 9.17) is 19.2 Å². The molecule has 0 saturated carbocycles.